The molecule has 0 saturated heterocycles. The number of hydrogen-bond acceptors (Lipinski definition) is 7. The van der Waals surface area contributed by atoms with Crippen molar-refractivity contribution in [3.8, 4) is 23.0 Å². The van der Waals surface area contributed by atoms with Crippen LogP contribution in [0.4, 0.5) is 0 Å². The van der Waals surface area contributed by atoms with Crippen LogP contribution in [-0.4, -0.2) is 51.9 Å². The minimum absolute atomic E-state index is 0.129. The number of benzene rings is 5. The molecule has 0 unspecified atom stereocenters. The summed E-state index contributed by atoms with van der Waals surface area (Å²) in [4.78, 5) is 30.5. The van der Waals surface area contributed by atoms with Gasteiger partial charge in [0, 0.05) is 49.2 Å². The maximum absolute atomic E-state index is 14.1. The number of aromatic nitrogens is 1. The lowest BCUT2D eigenvalue weighted by molar-refractivity contribution is -0.145. The Kier molecular flexibility index (Phi) is 13.2. The Morgan fingerprint density at radius 1 is 0.582 bits per heavy atom. The van der Waals surface area contributed by atoms with Gasteiger partial charge in [0.25, 0.3) is 5.91 Å². The van der Waals surface area contributed by atoms with Crippen LogP contribution < -0.4 is 10.1 Å². The van der Waals surface area contributed by atoms with Crippen molar-refractivity contribution in [3.05, 3.63) is 151 Å². The second-order valence-corrected chi connectivity index (χ2v) is 22.8. The average Bonchev–Trinajstić information content (AvgIpc) is 3.64. The highest BCUT2D eigenvalue weighted by atomic mass is 16.5. The molecule has 1 amide bonds. The maximum atomic E-state index is 14.1. The van der Waals surface area contributed by atoms with Crippen LogP contribution in [0.2, 0.25) is 0 Å². The average molecular weight is 907 g/mol. The van der Waals surface area contributed by atoms with Gasteiger partial charge < -0.3 is 35.1 Å². The molecular weight excluding hydrogens is 837 g/mol. The molecule has 5 aromatic carbocycles. The Hall–Kier alpha value is -6.22. The molecule has 6 aromatic rings. The molecule has 5 N–H and O–H groups in total. The second kappa shape index (κ2) is 18.1. The fourth-order valence-corrected chi connectivity index (χ4v) is 9.07. The van der Waals surface area contributed by atoms with Crippen molar-refractivity contribution in [2.24, 2.45) is 0 Å². The zero-order chi connectivity index (χ0) is 49.0. The first-order valence-corrected chi connectivity index (χ1v) is 23.5. The third kappa shape index (κ3) is 10.7. The highest BCUT2D eigenvalue weighted by molar-refractivity contribution is 5.88. The van der Waals surface area contributed by atoms with Gasteiger partial charge >= 0.3 is 5.97 Å². The van der Waals surface area contributed by atoms with Crippen molar-refractivity contribution in [3.63, 3.8) is 0 Å². The minimum atomic E-state index is -0.981. The predicted octanol–water partition coefficient (Wildman–Crippen LogP) is 11.4. The van der Waals surface area contributed by atoms with Gasteiger partial charge in [0.2, 0.25) is 0 Å². The van der Waals surface area contributed by atoms with E-state index in [1.165, 1.54) is 7.11 Å². The SMILES string of the molecule is COC(=O)[C@H](Cc1c[nH]c2ccccc12)NC(=O)COc1c2cc(C(C)(C)C)cc1Cc1cc(C(C)(C)C)cc(c1O)Cc1cc(C(C)(C)C)cc(c1O)Cc1cc(C(C)(C)C)cc(c1O)C2. The topological polar surface area (TPSA) is 141 Å². The third-order valence-electron chi connectivity index (χ3n) is 13.3. The number of para-hydroxylation sites is 1. The highest BCUT2D eigenvalue weighted by Gasteiger charge is 2.29. The molecule has 1 aliphatic carbocycles. The van der Waals surface area contributed by atoms with Gasteiger partial charge in [-0.15, -0.1) is 0 Å². The van der Waals surface area contributed by atoms with Crippen LogP contribution in [0.25, 0.3) is 10.9 Å². The van der Waals surface area contributed by atoms with Crippen LogP contribution in [0, 0.1) is 0 Å². The van der Waals surface area contributed by atoms with E-state index >= 15 is 0 Å². The first-order valence-electron chi connectivity index (χ1n) is 23.5. The van der Waals surface area contributed by atoms with Gasteiger partial charge in [-0.2, -0.15) is 0 Å². The minimum Gasteiger partial charge on any atom is -0.507 e. The summed E-state index contributed by atoms with van der Waals surface area (Å²) >= 11 is 0. The van der Waals surface area contributed by atoms with Gasteiger partial charge in [-0.25, -0.2) is 4.79 Å². The Balaban J connectivity index is 1.42. The number of H-pyrrole nitrogens is 1. The van der Waals surface area contributed by atoms with E-state index in [-0.39, 0.29) is 71.0 Å². The summed E-state index contributed by atoms with van der Waals surface area (Å²) in [5.41, 5.74) is 10.4. The number of carbonyl (C=O) groups is 2. The molecule has 9 nitrogen and oxygen atoms in total. The largest absolute Gasteiger partial charge is 0.507 e. The number of hydrogen-bond donors (Lipinski definition) is 5. The number of methoxy groups -OCH3 is 1. The molecule has 0 saturated carbocycles. The van der Waals surface area contributed by atoms with Gasteiger partial charge in [-0.3, -0.25) is 4.79 Å². The molecular formula is C58H70N2O7. The number of rotatable bonds is 7. The molecule has 354 valence electrons. The van der Waals surface area contributed by atoms with Crippen molar-refractivity contribution < 1.29 is 34.4 Å². The Morgan fingerprint density at radius 3 is 1.31 bits per heavy atom. The van der Waals surface area contributed by atoms with Crippen molar-refractivity contribution in [1.82, 2.24) is 10.3 Å². The van der Waals surface area contributed by atoms with Crippen LogP contribution in [0.1, 0.15) is 155 Å². The van der Waals surface area contributed by atoms with Gasteiger partial charge in [0.1, 0.15) is 29.0 Å². The summed E-state index contributed by atoms with van der Waals surface area (Å²) in [5.74, 6) is -0.220. The zero-order valence-corrected chi connectivity index (χ0v) is 41.8. The lowest BCUT2D eigenvalue weighted by Crippen LogP contribution is -2.45. The van der Waals surface area contributed by atoms with E-state index in [1.807, 2.05) is 54.7 Å². The number of fused-ring (bicyclic) bond motifs is 9. The molecule has 1 aromatic heterocycles. The lowest BCUT2D eigenvalue weighted by atomic mass is 9.79. The predicted molar refractivity (Wildman–Crippen MR) is 268 cm³/mol. The van der Waals surface area contributed by atoms with Crippen molar-refractivity contribution in [1.29, 1.82) is 0 Å². The van der Waals surface area contributed by atoms with Crippen molar-refractivity contribution in [2.75, 3.05) is 13.7 Å². The Morgan fingerprint density at radius 2 is 0.940 bits per heavy atom. The van der Waals surface area contributed by atoms with E-state index in [4.69, 9.17) is 9.47 Å². The number of amides is 1. The number of phenolic OH excluding ortho intramolecular Hbond substituents is 3. The van der Waals surface area contributed by atoms with Crippen LogP contribution in [0.3, 0.4) is 0 Å². The van der Waals surface area contributed by atoms with E-state index in [0.717, 1.165) is 49.8 Å². The number of nitrogens with one attached hydrogen (secondary N) is 2. The number of phenols is 3. The van der Waals surface area contributed by atoms with Crippen LogP contribution in [0.5, 0.6) is 23.0 Å². The summed E-state index contributed by atoms with van der Waals surface area (Å²) in [7, 11) is 1.30. The summed E-state index contributed by atoms with van der Waals surface area (Å²) in [6, 6.07) is 23.3. The molecule has 9 heteroatoms. The quantitative estimate of drug-likeness (QED) is 0.100. The summed E-state index contributed by atoms with van der Waals surface area (Å²) in [6.45, 7) is 25.3. The molecule has 1 atom stereocenters. The van der Waals surface area contributed by atoms with E-state index in [0.29, 0.717) is 39.1 Å². The van der Waals surface area contributed by atoms with E-state index in [2.05, 4.69) is 118 Å². The van der Waals surface area contributed by atoms with Gasteiger partial charge in [0.05, 0.1) is 7.11 Å². The Bertz CT molecular complexity index is 2740. The maximum Gasteiger partial charge on any atom is 0.328 e. The number of esters is 1. The zero-order valence-electron chi connectivity index (χ0n) is 41.8. The molecule has 1 aliphatic rings. The van der Waals surface area contributed by atoms with E-state index in [1.54, 1.807) is 0 Å². The molecule has 7 rings (SSSR count). The summed E-state index contributed by atoms with van der Waals surface area (Å²) in [5, 5.41) is 40.8. The second-order valence-electron chi connectivity index (χ2n) is 22.8. The van der Waals surface area contributed by atoms with Gasteiger partial charge in [-0.1, -0.05) is 150 Å². The summed E-state index contributed by atoms with van der Waals surface area (Å²) < 4.78 is 11.9. The smallest absolute Gasteiger partial charge is 0.328 e. The number of aromatic amines is 1. The normalized spacial score (nSPS) is 13.9. The van der Waals surface area contributed by atoms with Crippen molar-refractivity contribution in [2.45, 2.75) is 143 Å². The van der Waals surface area contributed by atoms with Crippen molar-refractivity contribution >= 4 is 22.8 Å². The highest BCUT2D eigenvalue weighted by Crippen LogP contribution is 2.43. The number of aromatic hydroxyl groups is 3. The molecule has 67 heavy (non-hydrogen) atoms. The fourth-order valence-electron chi connectivity index (χ4n) is 9.07. The van der Waals surface area contributed by atoms with Gasteiger partial charge in [-0.05, 0) is 100 Å². The molecule has 0 fully saturated rings. The molecule has 0 spiro atoms. The van der Waals surface area contributed by atoms with E-state index < -0.39 is 24.5 Å². The first-order chi connectivity index (χ1) is 31.2. The standard InChI is InChI=1S/C58H70N2O7/c1-55(2,3)42-22-33-18-35-24-43(56(4,5)6)26-37(51(35)63)20-39-28-45(58(10,11)12)29-40(21-38-27-44(57(7,8)9)25-36(52(38)64)19-34(23-42)50(33)62)53(39)67-32-49(61)60-48(54(65)66-13)30-41-31-59-47-17-15-14-16-46(41)47/h14-17,22-29,31,48,59,62-64H,18-21,30,32H2,1-13H3,(H,60,61)/t48-/m0/s1. The third-order valence-corrected chi connectivity index (χ3v) is 13.3. The number of carbonyl (C=O) groups excluding carboxylic acids is 2. The van der Waals surface area contributed by atoms with Crippen LogP contribution in [0.15, 0.2) is 79.0 Å². The lowest BCUT2D eigenvalue weighted by Gasteiger charge is -2.27. The Labute approximate surface area is 397 Å². The monoisotopic (exact) mass is 907 g/mol. The van der Waals surface area contributed by atoms with Crippen LogP contribution in [-0.2, 0) is 68.1 Å². The fraction of sp³-hybridized carbons (Fsp3) is 0.414. The summed E-state index contributed by atoms with van der Waals surface area (Å²) in [6.07, 6.45) is 3.08. The first kappa shape index (κ1) is 48.7. The molecule has 8 bridgehead atoms. The molecule has 0 radical (unpaired) electrons. The van der Waals surface area contributed by atoms with Gasteiger partial charge in [0.15, 0.2) is 6.61 Å². The van der Waals surface area contributed by atoms with Crippen LogP contribution >= 0.6 is 0 Å². The van der Waals surface area contributed by atoms with E-state index in [9.17, 15) is 24.9 Å². The molecule has 1 heterocycles. The number of ether oxygens (including phenoxy) is 2. The molecule has 0 aliphatic heterocycles.